The first-order valence-electron chi connectivity index (χ1n) is 13.4. The molecule has 3 N–H and O–H groups in total. The number of rotatable bonds is 11. The molecule has 4 aromatic rings. The maximum Gasteiger partial charge on any atom is 0.327 e. The molecule has 2 unspecified atom stereocenters. The molecule has 1 fully saturated rings. The Balaban J connectivity index is 1.30. The highest BCUT2D eigenvalue weighted by Crippen LogP contribution is 2.36. The van der Waals surface area contributed by atoms with E-state index in [1.807, 2.05) is 37.3 Å². The minimum Gasteiger partial charge on any atom is -0.493 e. The van der Waals surface area contributed by atoms with Gasteiger partial charge in [-0.1, -0.05) is 44.2 Å². The maximum absolute atomic E-state index is 13.1. The summed E-state index contributed by atoms with van der Waals surface area (Å²) in [4.78, 5) is 24.9. The number of aryl methyl sites for hydroxylation is 1. The highest BCUT2D eigenvalue weighted by atomic mass is 32.2. The molecule has 1 amide bonds. The summed E-state index contributed by atoms with van der Waals surface area (Å²) >= 11 is -2.51. The minimum atomic E-state index is -2.51. The van der Waals surface area contributed by atoms with Gasteiger partial charge in [-0.15, -0.1) is 0 Å². The number of carboxylic acids is 1. The SMILES string of the molecule is Cc1c(C(=O)Nc2ccc(-c3ccc(N(C(C(=O)O)C(C)C)S(=O)O)cc3)cc2)oc2cccc(OCC3CC3)c12. The van der Waals surface area contributed by atoms with Gasteiger partial charge in [0.25, 0.3) is 17.2 Å². The number of carbonyl (C=O) groups is 2. The fraction of sp³-hybridized carbons (Fsp3) is 0.290. The Bertz CT molecular complexity index is 1590. The Labute approximate surface area is 240 Å². The smallest absolute Gasteiger partial charge is 0.327 e. The van der Waals surface area contributed by atoms with E-state index in [-0.39, 0.29) is 11.7 Å². The summed E-state index contributed by atoms with van der Waals surface area (Å²) < 4.78 is 34.7. The number of nitrogens with one attached hydrogen (secondary N) is 1. The van der Waals surface area contributed by atoms with Crippen LogP contribution in [0, 0.1) is 18.8 Å². The Morgan fingerprint density at radius 1 is 1.05 bits per heavy atom. The zero-order valence-electron chi connectivity index (χ0n) is 23.0. The van der Waals surface area contributed by atoms with Gasteiger partial charge in [0, 0.05) is 11.3 Å². The van der Waals surface area contributed by atoms with E-state index in [9.17, 15) is 23.5 Å². The summed E-state index contributed by atoms with van der Waals surface area (Å²) in [5.41, 5.74) is 3.90. The number of furan rings is 1. The maximum atomic E-state index is 13.1. The Kier molecular flexibility index (Phi) is 8.14. The van der Waals surface area contributed by atoms with Gasteiger partial charge in [0.2, 0.25) is 0 Å². The predicted molar refractivity (Wildman–Crippen MR) is 159 cm³/mol. The number of amides is 1. The first kappa shape index (κ1) is 28.4. The lowest BCUT2D eigenvalue weighted by Crippen LogP contribution is -2.45. The summed E-state index contributed by atoms with van der Waals surface area (Å²) in [6, 6.07) is 18.4. The number of benzene rings is 3. The van der Waals surface area contributed by atoms with Crippen LogP contribution in [0.25, 0.3) is 22.1 Å². The first-order valence-corrected chi connectivity index (χ1v) is 14.5. The number of fused-ring (bicyclic) bond motifs is 1. The quantitative estimate of drug-likeness (QED) is 0.174. The number of carboxylic acid groups (broad SMARTS) is 1. The summed E-state index contributed by atoms with van der Waals surface area (Å²) in [7, 11) is 0. The van der Waals surface area contributed by atoms with Gasteiger partial charge in [0.15, 0.2) is 5.76 Å². The zero-order chi connectivity index (χ0) is 29.3. The largest absolute Gasteiger partial charge is 0.493 e. The van der Waals surface area contributed by atoms with E-state index in [2.05, 4.69) is 5.32 Å². The van der Waals surface area contributed by atoms with Crippen molar-refractivity contribution in [3.8, 4) is 16.9 Å². The lowest BCUT2D eigenvalue weighted by atomic mass is 10.0. The Hall–Kier alpha value is -4.15. The monoisotopic (exact) mass is 576 g/mol. The number of nitrogens with zero attached hydrogens (tertiary/aromatic N) is 1. The molecule has 3 aromatic carbocycles. The predicted octanol–water partition coefficient (Wildman–Crippen LogP) is 6.50. The van der Waals surface area contributed by atoms with Gasteiger partial charge in [0.05, 0.1) is 17.7 Å². The molecule has 0 bridgehead atoms. The average molecular weight is 577 g/mol. The van der Waals surface area contributed by atoms with Crippen LogP contribution in [0.15, 0.2) is 71.1 Å². The van der Waals surface area contributed by atoms with Crippen LogP contribution in [0.4, 0.5) is 11.4 Å². The van der Waals surface area contributed by atoms with E-state index in [1.165, 1.54) is 12.8 Å². The highest BCUT2D eigenvalue weighted by Gasteiger charge is 2.33. The molecule has 0 spiro atoms. The van der Waals surface area contributed by atoms with Crippen LogP contribution in [-0.2, 0) is 16.1 Å². The molecule has 0 saturated heterocycles. The molecule has 1 aliphatic carbocycles. The van der Waals surface area contributed by atoms with Crippen LogP contribution in [0.5, 0.6) is 5.75 Å². The molecule has 9 nitrogen and oxygen atoms in total. The first-order chi connectivity index (χ1) is 19.6. The second-order valence-corrected chi connectivity index (χ2v) is 11.5. The summed E-state index contributed by atoms with van der Waals surface area (Å²) in [5, 5.41) is 13.3. The molecule has 1 saturated carbocycles. The van der Waals surface area contributed by atoms with Crippen molar-refractivity contribution in [3.05, 3.63) is 78.1 Å². The molecular weight excluding hydrogens is 544 g/mol. The lowest BCUT2D eigenvalue weighted by molar-refractivity contribution is -0.139. The van der Waals surface area contributed by atoms with Crippen molar-refractivity contribution in [1.82, 2.24) is 0 Å². The average Bonchev–Trinajstić information content (AvgIpc) is 3.71. The number of hydrogen-bond donors (Lipinski definition) is 3. The summed E-state index contributed by atoms with van der Waals surface area (Å²) in [6.45, 7) is 5.89. The van der Waals surface area contributed by atoms with Crippen molar-refractivity contribution in [2.24, 2.45) is 11.8 Å². The summed E-state index contributed by atoms with van der Waals surface area (Å²) in [5.74, 6) is -0.369. The van der Waals surface area contributed by atoms with E-state index in [4.69, 9.17) is 9.15 Å². The van der Waals surface area contributed by atoms with E-state index >= 15 is 0 Å². The molecular formula is C31H32N2O7S. The number of anilines is 2. The zero-order valence-corrected chi connectivity index (χ0v) is 23.8. The van der Waals surface area contributed by atoms with E-state index in [0.717, 1.165) is 32.1 Å². The molecule has 41 heavy (non-hydrogen) atoms. The number of aliphatic carboxylic acids is 1. The van der Waals surface area contributed by atoms with Crippen LogP contribution >= 0.6 is 0 Å². The Morgan fingerprint density at radius 2 is 1.68 bits per heavy atom. The van der Waals surface area contributed by atoms with Crippen LogP contribution in [0.1, 0.15) is 42.8 Å². The van der Waals surface area contributed by atoms with Gasteiger partial charge in [-0.2, -0.15) is 0 Å². The van der Waals surface area contributed by atoms with Gasteiger partial charge in [-0.3, -0.25) is 13.7 Å². The molecule has 1 aliphatic rings. The molecule has 1 aromatic heterocycles. The number of ether oxygens (including phenoxy) is 1. The van der Waals surface area contributed by atoms with Crippen molar-refractivity contribution >= 4 is 45.5 Å². The molecule has 5 rings (SSSR count). The van der Waals surface area contributed by atoms with E-state index in [1.54, 1.807) is 50.2 Å². The van der Waals surface area contributed by atoms with Crippen LogP contribution < -0.4 is 14.4 Å². The van der Waals surface area contributed by atoms with Crippen molar-refractivity contribution in [3.63, 3.8) is 0 Å². The number of hydrogen-bond acceptors (Lipinski definition) is 5. The third-order valence-electron chi connectivity index (χ3n) is 7.20. The fourth-order valence-corrected chi connectivity index (χ4v) is 5.66. The number of carbonyl (C=O) groups excluding carboxylic acids is 1. The Morgan fingerprint density at radius 3 is 2.24 bits per heavy atom. The molecule has 10 heteroatoms. The van der Waals surface area contributed by atoms with Crippen molar-refractivity contribution < 1.29 is 32.6 Å². The highest BCUT2D eigenvalue weighted by molar-refractivity contribution is 7.80. The van der Waals surface area contributed by atoms with E-state index < -0.39 is 29.2 Å². The van der Waals surface area contributed by atoms with Gasteiger partial charge in [0.1, 0.15) is 17.4 Å². The van der Waals surface area contributed by atoms with Crippen LogP contribution in [-0.4, -0.2) is 38.4 Å². The molecule has 214 valence electrons. The standard InChI is InChI=1S/C31H32N2O7S/c1-18(2)28(31(35)36)33(41(37)38)24-15-11-22(12-16-24)21-9-13-23(14-10-21)32-30(34)29-19(3)27-25(39-17-20-7-8-20)5-4-6-26(27)40-29/h4-6,9-16,18,20,28H,7-8,17H2,1-3H3,(H,32,34)(H,35,36)(H,37,38). The van der Waals surface area contributed by atoms with Crippen molar-refractivity contribution in [1.29, 1.82) is 0 Å². The van der Waals surface area contributed by atoms with Crippen LogP contribution in [0.2, 0.25) is 0 Å². The molecule has 1 heterocycles. The topological polar surface area (TPSA) is 129 Å². The third-order valence-corrected chi connectivity index (χ3v) is 7.97. The normalized spacial score (nSPS) is 14.6. The minimum absolute atomic E-state index is 0.231. The third kappa shape index (κ3) is 6.13. The fourth-order valence-electron chi connectivity index (χ4n) is 4.83. The molecule has 0 aliphatic heterocycles. The van der Waals surface area contributed by atoms with Crippen molar-refractivity contribution in [2.75, 3.05) is 16.2 Å². The van der Waals surface area contributed by atoms with E-state index in [0.29, 0.717) is 29.5 Å². The van der Waals surface area contributed by atoms with Crippen LogP contribution in [0.3, 0.4) is 0 Å². The lowest BCUT2D eigenvalue weighted by Gasteiger charge is -2.29. The van der Waals surface area contributed by atoms with Crippen molar-refractivity contribution in [2.45, 2.75) is 39.7 Å². The second-order valence-electron chi connectivity index (χ2n) is 10.6. The second kappa shape index (κ2) is 11.8. The molecule has 0 radical (unpaired) electrons. The van der Waals surface area contributed by atoms with Gasteiger partial charge >= 0.3 is 5.97 Å². The van der Waals surface area contributed by atoms with Gasteiger partial charge in [-0.05, 0) is 79.1 Å². The summed E-state index contributed by atoms with van der Waals surface area (Å²) in [6.07, 6.45) is 2.38. The molecule has 2 atom stereocenters. The van der Waals surface area contributed by atoms with Gasteiger partial charge in [-0.25, -0.2) is 9.00 Å². The van der Waals surface area contributed by atoms with Gasteiger partial charge < -0.3 is 19.6 Å².